The highest BCUT2D eigenvalue weighted by Gasteiger charge is 2.02. The third-order valence-corrected chi connectivity index (χ3v) is 3.25. The summed E-state index contributed by atoms with van der Waals surface area (Å²) in [6.45, 7) is 0.248. The van der Waals surface area contributed by atoms with Crippen molar-refractivity contribution >= 4 is 22.6 Å². The zero-order valence-electron chi connectivity index (χ0n) is 8.94. The number of aryl methyl sites for hydroxylation is 1. The molecule has 0 radical (unpaired) electrons. The van der Waals surface area contributed by atoms with Crippen molar-refractivity contribution in [3.05, 3.63) is 51.9 Å². The molecule has 0 atom stereocenters. The molecular weight excluding hydrogens is 313 g/mol. The normalized spacial score (nSPS) is 10.6. The molecular formula is C13H14INO. The van der Waals surface area contributed by atoms with Gasteiger partial charge in [0.05, 0.1) is 0 Å². The van der Waals surface area contributed by atoms with Crippen molar-refractivity contribution in [3.63, 3.8) is 0 Å². The van der Waals surface area contributed by atoms with E-state index < -0.39 is 0 Å². The van der Waals surface area contributed by atoms with Crippen molar-refractivity contribution in [1.82, 2.24) is 4.57 Å². The second-order valence-electron chi connectivity index (χ2n) is 3.67. The molecule has 2 rings (SSSR count). The molecule has 0 spiro atoms. The van der Waals surface area contributed by atoms with Crippen molar-refractivity contribution in [2.24, 2.45) is 0 Å². The predicted octanol–water partition coefficient (Wildman–Crippen LogP) is 3.01. The maximum atomic E-state index is 8.85. The van der Waals surface area contributed by atoms with Crippen LogP contribution in [0.4, 0.5) is 0 Å². The van der Waals surface area contributed by atoms with Gasteiger partial charge >= 0.3 is 0 Å². The first-order chi connectivity index (χ1) is 7.81. The molecule has 0 aliphatic carbocycles. The molecule has 0 saturated heterocycles. The molecule has 1 heterocycles. The van der Waals surface area contributed by atoms with E-state index in [1.807, 2.05) is 6.07 Å². The molecule has 0 fully saturated rings. The summed E-state index contributed by atoms with van der Waals surface area (Å²) in [6, 6.07) is 12.6. The minimum absolute atomic E-state index is 0.248. The molecule has 2 aromatic rings. The second-order valence-corrected chi connectivity index (χ2v) is 4.92. The number of hydrogen-bond donors (Lipinski definition) is 1. The van der Waals surface area contributed by atoms with Crippen LogP contribution in [0, 0.1) is 3.57 Å². The SMILES string of the molecule is OCCCc1cccn1-c1ccc(I)cc1. The minimum Gasteiger partial charge on any atom is -0.396 e. The number of hydrogen-bond acceptors (Lipinski definition) is 1. The maximum Gasteiger partial charge on any atom is 0.0452 e. The maximum absolute atomic E-state index is 8.85. The topological polar surface area (TPSA) is 25.2 Å². The van der Waals surface area contributed by atoms with E-state index in [1.165, 1.54) is 15.0 Å². The molecule has 0 aliphatic heterocycles. The fraction of sp³-hybridized carbons (Fsp3) is 0.231. The Balaban J connectivity index is 2.26. The Morgan fingerprint density at radius 1 is 1.12 bits per heavy atom. The quantitative estimate of drug-likeness (QED) is 0.858. The first-order valence-corrected chi connectivity index (χ1v) is 6.42. The summed E-state index contributed by atoms with van der Waals surface area (Å²) in [7, 11) is 0. The zero-order valence-corrected chi connectivity index (χ0v) is 11.1. The largest absolute Gasteiger partial charge is 0.396 e. The summed E-state index contributed by atoms with van der Waals surface area (Å²) in [4.78, 5) is 0. The number of aliphatic hydroxyl groups is 1. The number of rotatable bonds is 4. The average molecular weight is 327 g/mol. The van der Waals surface area contributed by atoms with Crippen molar-refractivity contribution in [3.8, 4) is 5.69 Å². The van der Waals surface area contributed by atoms with Gasteiger partial charge in [0.25, 0.3) is 0 Å². The van der Waals surface area contributed by atoms with E-state index in [2.05, 4.69) is 63.7 Å². The molecule has 1 N–H and O–H groups in total. The number of halogens is 1. The van der Waals surface area contributed by atoms with Crippen LogP contribution in [0.5, 0.6) is 0 Å². The lowest BCUT2D eigenvalue weighted by Gasteiger charge is -2.08. The molecule has 0 unspecified atom stereocenters. The van der Waals surface area contributed by atoms with Crippen molar-refractivity contribution in [1.29, 1.82) is 0 Å². The number of benzene rings is 1. The Bertz CT molecular complexity index is 447. The fourth-order valence-corrected chi connectivity index (χ4v) is 2.09. The first-order valence-electron chi connectivity index (χ1n) is 5.34. The van der Waals surface area contributed by atoms with Gasteiger partial charge in [0.2, 0.25) is 0 Å². The Morgan fingerprint density at radius 3 is 2.56 bits per heavy atom. The Morgan fingerprint density at radius 2 is 1.88 bits per heavy atom. The van der Waals surface area contributed by atoms with Gasteiger partial charge in [0, 0.05) is 27.8 Å². The summed E-state index contributed by atoms with van der Waals surface area (Å²) in [5, 5.41) is 8.85. The van der Waals surface area contributed by atoms with Crippen LogP contribution in [0.3, 0.4) is 0 Å². The first kappa shape index (κ1) is 11.7. The lowest BCUT2D eigenvalue weighted by atomic mass is 10.2. The minimum atomic E-state index is 0.248. The molecule has 84 valence electrons. The van der Waals surface area contributed by atoms with Gasteiger partial charge in [-0.1, -0.05) is 0 Å². The standard InChI is InChI=1S/C13H14INO/c14-11-5-7-13(8-6-11)15-9-1-3-12(15)4-2-10-16/h1,3,5-9,16H,2,4,10H2. The van der Waals surface area contributed by atoms with Crippen LogP contribution in [0.25, 0.3) is 5.69 Å². The van der Waals surface area contributed by atoms with Gasteiger partial charge in [-0.2, -0.15) is 0 Å². The molecule has 1 aromatic heterocycles. The lowest BCUT2D eigenvalue weighted by molar-refractivity contribution is 0.288. The third kappa shape index (κ3) is 2.65. The van der Waals surface area contributed by atoms with Gasteiger partial charge in [-0.05, 0) is 71.8 Å². The molecule has 0 saturated carbocycles. The van der Waals surface area contributed by atoms with Crippen LogP contribution >= 0.6 is 22.6 Å². The van der Waals surface area contributed by atoms with Crippen LogP contribution in [-0.4, -0.2) is 16.3 Å². The Kier molecular flexibility index (Phi) is 4.01. The van der Waals surface area contributed by atoms with Gasteiger partial charge in [0.15, 0.2) is 0 Å². The summed E-state index contributed by atoms with van der Waals surface area (Å²) in [5.41, 5.74) is 2.42. The van der Waals surface area contributed by atoms with Crippen molar-refractivity contribution in [2.45, 2.75) is 12.8 Å². The van der Waals surface area contributed by atoms with Gasteiger partial charge in [-0.25, -0.2) is 0 Å². The van der Waals surface area contributed by atoms with Gasteiger partial charge in [-0.15, -0.1) is 0 Å². The fourth-order valence-electron chi connectivity index (χ4n) is 1.73. The van der Waals surface area contributed by atoms with Crippen LogP contribution in [0.1, 0.15) is 12.1 Å². The Labute approximate surface area is 109 Å². The monoisotopic (exact) mass is 327 g/mol. The lowest BCUT2D eigenvalue weighted by Crippen LogP contribution is -2.00. The molecule has 0 aliphatic rings. The smallest absolute Gasteiger partial charge is 0.0452 e. The highest BCUT2D eigenvalue weighted by Crippen LogP contribution is 2.15. The molecule has 2 nitrogen and oxygen atoms in total. The molecule has 3 heteroatoms. The summed E-state index contributed by atoms with van der Waals surface area (Å²) in [6.07, 6.45) is 3.79. The summed E-state index contributed by atoms with van der Waals surface area (Å²) in [5.74, 6) is 0. The van der Waals surface area contributed by atoms with Gasteiger partial charge in [0.1, 0.15) is 0 Å². The third-order valence-electron chi connectivity index (χ3n) is 2.53. The van der Waals surface area contributed by atoms with Crippen LogP contribution < -0.4 is 0 Å². The second kappa shape index (κ2) is 5.50. The van der Waals surface area contributed by atoms with E-state index in [-0.39, 0.29) is 6.61 Å². The number of nitrogens with zero attached hydrogens (tertiary/aromatic N) is 1. The van der Waals surface area contributed by atoms with Crippen LogP contribution in [-0.2, 0) is 6.42 Å². The molecule has 16 heavy (non-hydrogen) atoms. The van der Waals surface area contributed by atoms with E-state index >= 15 is 0 Å². The van der Waals surface area contributed by atoms with Gasteiger partial charge < -0.3 is 9.67 Å². The predicted molar refractivity (Wildman–Crippen MR) is 73.9 cm³/mol. The summed E-state index contributed by atoms with van der Waals surface area (Å²) >= 11 is 2.30. The highest BCUT2D eigenvalue weighted by molar-refractivity contribution is 14.1. The molecule has 0 amide bonds. The Hall–Kier alpha value is -0.810. The molecule has 1 aromatic carbocycles. The van der Waals surface area contributed by atoms with E-state index in [0.29, 0.717) is 0 Å². The van der Waals surface area contributed by atoms with Crippen LogP contribution in [0.2, 0.25) is 0 Å². The van der Waals surface area contributed by atoms with E-state index in [0.717, 1.165) is 12.8 Å². The molecule has 0 bridgehead atoms. The van der Waals surface area contributed by atoms with Gasteiger partial charge in [-0.3, -0.25) is 0 Å². The summed E-state index contributed by atoms with van der Waals surface area (Å²) < 4.78 is 3.41. The van der Waals surface area contributed by atoms with Crippen molar-refractivity contribution in [2.75, 3.05) is 6.61 Å². The average Bonchev–Trinajstić information content (AvgIpc) is 2.75. The van der Waals surface area contributed by atoms with Crippen molar-refractivity contribution < 1.29 is 5.11 Å². The number of aliphatic hydroxyl groups excluding tert-OH is 1. The zero-order chi connectivity index (χ0) is 11.4. The van der Waals surface area contributed by atoms with E-state index in [1.54, 1.807) is 0 Å². The van der Waals surface area contributed by atoms with Crippen LogP contribution in [0.15, 0.2) is 42.6 Å². The van der Waals surface area contributed by atoms with E-state index in [9.17, 15) is 0 Å². The highest BCUT2D eigenvalue weighted by atomic mass is 127. The number of aromatic nitrogens is 1. The van der Waals surface area contributed by atoms with E-state index in [4.69, 9.17) is 5.11 Å².